The van der Waals surface area contributed by atoms with Gasteiger partial charge in [-0.1, -0.05) is 22.4 Å². The van der Waals surface area contributed by atoms with Gasteiger partial charge in [0, 0.05) is 11.6 Å². The Hall–Kier alpha value is -2.63. The van der Waals surface area contributed by atoms with Gasteiger partial charge in [-0.3, -0.25) is 0 Å². The van der Waals surface area contributed by atoms with Crippen molar-refractivity contribution in [3.8, 4) is 0 Å². The van der Waals surface area contributed by atoms with Crippen LogP contribution in [0.4, 0.5) is 0 Å². The van der Waals surface area contributed by atoms with Crippen LogP contribution in [-0.2, 0) is 6.54 Å². The van der Waals surface area contributed by atoms with Crippen LogP contribution in [0, 0.1) is 6.92 Å². The van der Waals surface area contributed by atoms with Crippen molar-refractivity contribution in [2.45, 2.75) is 13.5 Å². The minimum Gasteiger partial charge on any atom is -0.478 e. The van der Waals surface area contributed by atoms with Crippen LogP contribution < -0.4 is 0 Å². The topological polar surface area (TPSA) is 81.2 Å². The van der Waals surface area contributed by atoms with E-state index in [4.69, 9.17) is 0 Å². The predicted octanol–water partition coefficient (Wildman–Crippen LogP) is 2.08. The lowest BCUT2D eigenvalue weighted by molar-refractivity contribution is 0.0698. The number of aromatic nitrogens is 3. The number of benzene rings is 1. The second kappa shape index (κ2) is 4.24. The van der Waals surface area contributed by atoms with Gasteiger partial charge in [0.05, 0.1) is 17.6 Å². The number of carboxylic acids is 1. The van der Waals surface area contributed by atoms with E-state index in [1.54, 1.807) is 19.1 Å². The highest BCUT2D eigenvalue weighted by Gasteiger charge is 2.14. The maximum absolute atomic E-state index is 11.3. The Morgan fingerprint density at radius 1 is 1.37 bits per heavy atom. The second-order valence-electron chi connectivity index (χ2n) is 4.29. The lowest BCUT2D eigenvalue weighted by Gasteiger charge is -2.05. The molecular weight excluding hydrogens is 246 g/mol. The van der Waals surface area contributed by atoms with Crippen molar-refractivity contribution in [1.82, 2.24) is 14.9 Å². The standard InChI is InChI=1S/C13H11N3O3/c1-8-11(15-19-14-8)7-16-6-5-9-3-2-4-10(12(9)16)13(17)18/h2-6H,7H2,1H3,(H,17,18). The first-order chi connectivity index (χ1) is 9.16. The SMILES string of the molecule is Cc1nonc1Cn1ccc2cccc(C(=O)O)c21. The van der Waals surface area contributed by atoms with Crippen LogP contribution in [0.25, 0.3) is 10.9 Å². The molecule has 2 heterocycles. The molecule has 96 valence electrons. The number of aromatic carboxylic acids is 1. The van der Waals surface area contributed by atoms with Gasteiger partial charge in [0.15, 0.2) is 0 Å². The van der Waals surface area contributed by atoms with Crippen molar-refractivity contribution in [3.63, 3.8) is 0 Å². The van der Waals surface area contributed by atoms with Gasteiger partial charge in [0.2, 0.25) is 0 Å². The van der Waals surface area contributed by atoms with Gasteiger partial charge in [0.25, 0.3) is 0 Å². The minimum absolute atomic E-state index is 0.275. The van der Waals surface area contributed by atoms with Gasteiger partial charge >= 0.3 is 5.97 Å². The van der Waals surface area contributed by atoms with E-state index >= 15 is 0 Å². The number of hydrogen-bond acceptors (Lipinski definition) is 4. The van der Waals surface area contributed by atoms with E-state index in [0.29, 0.717) is 23.4 Å². The summed E-state index contributed by atoms with van der Waals surface area (Å²) in [5.74, 6) is -0.944. The molecule has 0 saturated carbocycles. The number of para-hydroxylation sites is 1. The maximum atomic E-state index is 11.3. The second-order valence-corrected chi connectivity index (χ2v) is 4.29. The van der Waals surface area contributed by atoms with Crippen LogP contribution in [0.15, 0.2) is 35.1 Å². The van der Waals surface area contributed by atoms with E-state index in [9.17, 15) is 9.90 Å². The Labute approximate surface area is 108 Å². The molecule has 19 heavy (non-hydrogen) atoms. The number of carbonyl (C=O) groups is 1. The third-order valence-corrected chi connectivity index (χ3v) is 3.09. The predicted molar refractivity (Wildman–Crippen MR) is 67.0 cm³/mol. The first-order valence-corrected chi connectivity index (χ1v) is 5.76. The van der Waals surface area contributed by atoms with Crippen LogP contribution in [0.2, 0.25) is 0 Å². The van der Waals surface area contributed by atoms with E-state index < -0.39 is 5.97 Å². The first-order valence-electron chi connectivity index (χ1n) is 5.76. The molecule has 0 unspecified atom stereocenters. The first kappa shape index (κ1) is 11.5. The van der Waals surface area contributed by atoms with Crippen molar-refractivity contribution < 1.29 is 14.5 Å². The summed E-state index contributed by atoms with van der Waals surface area (Å²) < 4.78 is 6.49. The van der Waals surface area contributed by atoms with Gasteiger partial charge in [-0.2, -0.15) is 0 Å². The molecule has 2 aromatic heterocycles. The smallest absolute Gasteiger partial charge is 0.337 e. The van der Waals surface area contributed by atoms with E-state index in [1.807, 2.05) is 22.9 Å². The quantitative estimate of drug-likeness (QED) is 0.776. The van der Waals surface area contributed by atoms with E-state index in [2.05, 4.69) is 14.9 Å². The molecule has 6 heteroatoms. The maximum Gasteiger partial charge on any atom is 0.337 e. The number of rotatable bonds is 3. The van der Waals surface area contributed by atoms with Crippen molar-refractivity contribution >= 4 is 16.9 Å². The molecule has 3 aromatic rings. The zero-order valence-corrected chi connectivity index (χ0v) is 10.2. The normalized spacial score (nSPS) is 11.0. The molecular formula is C13H11N3O3. The highest BCUT2D eigenvalue weighted by molar-refractivity contribution is 6.02. The number of hydrogen-bond donors (Lipinski definition) is 1. The molecule has 0 radical (unpaired) electrons. The van der Waals surface area contributed by atoms with Gasteiger partial charge in [0.1, 0.15) is 11.4 Å². The van der Waals surface area contributed by atoms with Crippen molar-refractivity contribution in [1.29, 1.82) is 0 Å². The van der Waals surface area contributed by atoms with Crippen molar-refractivity contribution in [2.75, 3.05) is 0 Å². The molecule has 3 rings (SSSR count). The zero-order valence-electron chi connectivity index (χ0n) is 10.2. The van der Waals surface area contributed by atoms with Gasteiger partial charge < -0.3 is 9.67 Å². The average Bonchev–Trinajstić information content (AvgIpc) is 2.97. The highest BCUT2D eigenvalue weighted by atomic mass is 16.6. The molecule has 0 bridgehead atoms. The van der Waals surface area contributed by atoms with Gasteiger partial charge in [-0.15, -0.1) is 0 Å². The Balaban J connectivity index is 2.14. The summed E-state index contributed by atoms with van der Waals surface area (Å²) in [6, 6.07) is 7.09. The van der Waals surface area contributed by atoms with Gasteiger partial charge in [-0.05, 0) is 19.1 Å². The summed E-state index contributed by atoms with van der Waals surface area (Å²) in [6.07, 6.45) is 1.84. The monoisotopic (exact) mass is 257 g/mol. The third kappa shape index (κ3) is 1.87. The summed E-state index contributed by atoms with van der Waals surface area (Å²) in [7, 11) is 0. The fraction of sp³-hybridized carbons (Fsp3) is 0.154. The van der Waals surface area contributed by atoms with Gasteiger partial charge in [-0.25, -0.2) is 9.42 Å². The highest BCUT2D eigenvalue weighted by Crippen LogP contribution is 2.21. The molecule has 0 aliphatic carbocycles. The van der Waals surface area contributed by atoms with Crippen LogP contribution in [0.5, 0.6) is 0 Å². The lowest BCUT2D eigenvalue weighted by Crippen LogP contribution is -2.05. The summed E-state index contributed by atoms with van der Waals surface area (Å²) in [5.41, 5.74) is 2.35. The van der Waals surface area contributed by atoms with Crippen molar-refractivity contribution in [2.24, 2.45) is 0 Å². The molecule has 0 fully saturated rings. The van der Waals surface area contributed by atoms with Crippen LogP contribution in [0.3, 0.4) is 0 Å². The Bertz CT molecular complexity index is 757. The molecule has 1 N–H and O–H groups in total. The van der Waals surface area contributed by atoms with E-state index in [-0.39, 0.29) is 5.56 Å². The molecule has 0 spiro atoms. The number of nitrogens with zero attached hydrogens (tertiary/aromatic N) is 3. The fourth-order valence-corrected chi connectivity index (χ4v) is 2.12. The van der Waals surface area contributed by atoms with Crippen LogP contribution in [0.1, 0.15) is 21.7 Å². The average molecular weight is 257 g/mol. The molecule has 6 nitrogen and oxygen atoms in total. The molecule has 0 atom stereocenters. The molecule has 0 aliphatic rings. The lowest BCUT2D eigenvalue weighted by atomic mass is 10.1. The summed E-state index contributed by atoms with van der Waals surface area (Å²) in [5, 5.41) is 17.7. The third-order valence-electron chi connectivity index (χ3n) is 3.09. The molecule has 1 aromatic carbocycles. The van der Waals surface area contributed by atoms with Crippen molar-refractivity contribution in [3.05, 3.63) is 47.4 Å². The number of carboxylic acid groups (broad SMARTS) is 1. The molecule has 0 amide bonds. The summed E-state index contributed by atoms with van der Waals surface area (Å²) >= 11 is 0. The molecule has 0 saturated heterocycles. The Kier molecular flexibility index (Phi) is 2.56. The van der Waals surface area contributed by atoms with Crippen LogP contribution in [-0.4, -0.2) is 26.0 Å². The Morgan fingerprint density at radius 3 is 2.89 bits per heavy atom. The summed E-state index contributed by atoms with van der Waals surface area (Å²) in [6.45, 7) is 2.23. The zero-order chi connectivity index (χ0) is 13.4. The van der Waals surface area contributed by atoms with Crippen LogP contribution >= 0.6 is 0 Å². The largest absolute Gasteiger partial charge is 0.478 e. The Morgan fingerprint density at radius 2 is 2.21 bits per heavy atom. The minimum atomic E-state index is -0.944. The molecule has 0 aliphatic heterocycles. The number of fused-ring (bicyclic) bond motifs is 1. The van der Waals surface area contributed by atoms with E-state index in [1.165, 1.54) is 0 Å². The number of aryl methyl sites for hydroxylation is 1. The van der Waals surface area contributed by atoms with E-state index in [0.717, 1.165) is 5.39 Å². The summed E-state index contributed by atoms with van der Waals surface area (Å²) in [4.78, 5) is 11.3. The fourth-order valence-electron chi connectivity index (χ4n) is 2.12.